The minimum atomic E-state index is -0.119. The lowest BCUT2D eigenvalue weighted by Gasteiger charge is -2.25. The van der Waals surface area contributed by atoms with Crippen LogP contribution in [0.2, 0.25) is 0 Å². The number of nitrogens with one attached hydrogen (secondary N) is 1. The summed E-state index contributed by atoms with van der Waals surface area (Å²) in [5, 5.41) is 2.81. The van der Waals surface area contributed by atoms with Gasteiger partial charge >= 0.3 is 0 Å². The third-order valence-corrected chi connectivity index (χ3v) is 3.79. The van der Waals surface area contributed by atoms with E-state index >= 15 is 0 Å². The Morgan fingerprint density at radius 2 is 2.05 bits per heavy atom. The number of hydrogen-bond donors (Lipinski definition) is 1. The summed E-state index contributed by atoms with van der Waals surface area (Å²) in [5.74, 6) is -0.130. The van der Waals surface area contributed by atoms with Gasteiger partial charge in [0.15, 0.2) is 0 Å². The number of rotatable bonds is 3. The van der Waals surface area contributed by atoms with Crippen LogP contribution in [-0.4, -0.2) is 17.5 Å². The minimum absolute atomic E-state index is 0.0189. The zero-order chi connectivity index (χ0) is 14.7. The van der Waals surface area contributed by atoms with Gasteiger partial charge in [-0.2, -0.15) is 0 Å². The molecule has 0 aromatic rings. The molecule has 2 rings (SSSR count). The highest BCUT2D eigenvalue weighted by atomic mass is 16.2. The van der Waals surface area contributed by atoms with Gasteiger partial charge in [-0.1, -0.05) is 25.5 Å². The van der Waals surface area contributed by atoms with Crippen molar-refractivity contribution in [2.24, 2.45) is 16.8 Å². The van der Waals surface area contributed by atoms with Gasteiger partial charge in [-0.05, 0) is 31.9 Å². The lowest BCUT2D eigenvalue weighted by atomic mass is 9.88. The molecule has 0 aromatic carbocycles. The summed E-state index contributed by atoms with van der Waals surface area (Å²) in [6.07, 6.45) is 8.81. The monoisotopic (exact) mass is 272 g/mol. The molecule has 106 valence electrons. The van der Waals surface area contributed by atoms with Crippen molar-refractivity contribution in [3.8, 4) is 0 Å². The molecular weight excluding hydrogens is 252 g/mol. The summed E-state index contributed by atoms with van der Waals surface area (Å²) in [6.45, 7) is 5.92. The van der Waals surface area contributed by atoms with E-state index in [-0.39, 0.29) is 23.7 Å². The van der Waals surface area contributed by atoms with Crippen LogP contribution >= 0.6 is 0 Å². The first-order valence-corrected chi connectivity index (χ1v) is 7.06. The molecule has 1 atom stereocenters. The molecule has 1 aliphatic carbocycles. The van der Waals surface area contributed by atoms with Crippen LogP contribution in [0.25, 0.3) is 0 Å². The topological polar surface area (TPSA) is 58.5 Å². The predicted molar refractivity (Wildman–Crippen MR) is 79.1 cm³/mol. The number of nitrogens with zero attached hydrogens (tertiary/aromatic N) is 1. The molecule has 4 nitrogen and oxygen atoms in total. The van der Waals surface area contributed by atoms with Crippen molar-refractivity contribution in [2.45, 2.75) is 33.6 Å². The summed E-state index contributed by atoms with van der Waals surface area (Å²) in [7, 11) is 0. The molecule has 1 unspecified atom stereocenters. The third kappa shape index (κ3) is 2.95. The number of aliphatic imine (C=N–C) groups is 1. The minimum Gasteiger partial charge on any atom is -0.325 e. The lowest BCUT2D eigenvalue weighted by Crippen LogP contribution is -2.32. The Morgan fingerprint density at radius 1 is 1.35 bits per heavy atom. The van der Waals surface area contributed by atoms with E-state index < -0.39 is 0 Å². The van der Waals surface area contributed by atoms with Gasteiger partial charge in [-0.3, -0.25) is 9.59 Å². The fraction of sp³-hybridized carbons (Fsp3) is 0.438. The van der Waals surface area contributed by atoms with Crippen LogP contribution in [-0.2, 0) is 9.59 Å². The van der Waals surface area contributed by atoms with Crippen molar-refractivity contribution in [3.05, 3.63) is 35.6 Å². The number of hydrogen-bond acceptors (Lipinski definition) is 2. The Kier molecular flexibility index (Phi) is 4.32. The van der Waals surface area contributed by atoms with Crippen LogP contribution in [0.5, 0.6) is 0 Å². The summed E-state index contributed by atoms with van der Waals surface area (Å²) in [4.78, 5) is 27.7. The molecule has 2 aliphatic rings. The highest BCUT2D eigenvalue weighted by Crippen LogP contribution is 2.26. The number of fused-ring (bicyclic) bond motifs is 1. The Labute approximate surface area is 119 Å². The van der Waals surface area contributed by atoms with E-state index in [0.29, 0.717) is 5.71 Å². The predicted octanol–water partition coefficient (Wildman–Crippen LogP) is 2.54. The van der Waals surface area contributed by atoms with Crippen molar-refractivity contribution >= 4 is 17.5 Å². The second-order valence-corrected chi connectivity index (χ2v) is 5.20. The van der Waals surface area contributed by atoms with Gasteiger partial charge in [0.25, 0.3) is 0 Å². The van der Waals surface area contributed by atoms with Gasteiger partial charge in [-0.25, -0.2) is 4.99 Å². The maximum absolute atomic E-state index is 12.0. The summed E-state index contributed by atoms with van der Waals surface area (Å²) < 4.78 is 0. The molecule has 1 N–H and O–H groups in total. The molecule has 4 heteroatoms. The number of carbonyl (C=O) groups is 2. The lowest BCUT2D eigenvalue weighted by molar-refractivity contribution is -0.121. The molecule has 0 radical (unpaired) electrons. The van der Waals surface area contributed by atoms with E-state index in [4.69, 9.17) is 0 Å². The molecule has 2 amide bonds. The third-order valence-electron chi connectivity index (χ3n) is 3.79. The highest BCUT2D eigenvalue weighted by Gasteiger charge is 2.24. The second-order valence-electron chi connectivity index (χ2n) is 5.20. The van der Waals surface area contributed by atoms with Crippen molar-refractivity contribution in [2.75, 3.05) is 0 Å². The average Bonchev–Trinajstić information content (AvgIpc) is 2.39. The zero-order valence-electron chi connectivity index (χ0n) is 12.1. The van der Waals surface area contributed by atoms with E-state index in [9.17, 15) is 9.59 Å². The van der Waals surface area contributed by atoms with Crippen LogP contribution in [0.4, 0.5) is 0 Å². The maximum atomic E-state index is 12.0. The van der Waals surface area contributed by atoms with E-state index in [1.807, 2.05) is 32.9 Å². The Balaban J connectivity index is 2.22. The van der Waals surface area contributed by atoms with Crippen LogP contribution < -0.4 is 5.32 Å². The fourth-order valence-electron chi connectivity index (χ4n) is 2.51. The second kappa shape index (κ2) is 5.99. The van der Waals surface area contributed by atoms with Crippen LogP contribution in [0.1, 0.15) is 33.6 Å². The quantitative estimate of drug-likeness (QED) is 0.858. The highest BCUT2D eigenvalue weighted by molar-refractivity contribution is 6.11. The van der Waals surface area contributed by atoms with Gasteiger partial charge in [0, 0.05) is 23.6 Å². The van der Waals surface area contributed by atoms with E-state index in [1.165, 1.54) is 0 Å². The van der Waals surface area contributed by atoms with Gasteiger partial charge in [-0.15, -0.1) is 0 Å². The molecule has 0 saturated heterocycles. The van der Waals surface area contributed by atoms with Gasteiger partial charge in [0.2, 0.25) is 11.8 Å². The normalized spacial score (nSPS) is 23.3. The van der Waals surface area contributed by atoms with Crippen LogP contribution in [0.15, 0.2) is 40.6 Å². The first-order chi connectivity index (χ1) is 9.55. The number of allylic oxidation sites excluding steroid dienone is 3. The maximum Gasteiger partial charge on any atom is 0.249 e. The van der Waals surface area contributed by atoms with Crippen molar-refractivity contribution < 1.29 is 9.59 Å². The SMILES string of the molecule is CCC(CC)C(=O)N=C1C=CC2C(C)=CC(=O)NC2=C1. The Bertz CT molecular complexity index is 549. The summed E-state index contributed by atoms with van der Waals surface area (Å²) in [6, 6.07) is 0. The molecule has 1 aliphatic heterocycles. The Morgan fingerprint density at radius 3 is 2.70 bits per heavy atom. The first-order valence-electron chi connectivity index (χ1n) is 7.06. The largest absolute Gasteiger partial charge is 0.325 e. The molecule has 0 fully saturated rings. The standard InChI is InChI=1S/C16H20N2O2/c1-4-11(5-2)16(20)17-12-6-7-13-10(3)8-15(19)18-14(13)9-12/h6-9,11,13H,4-5H2,1-3H3,(H,18,19). The molecule has 0 aromatic heterocycles. The van der Waals surface area contributed by atoms with Crippen molar-refractivity contribution in [1.82, 2.24) is 5.32 Å². The molecule has 0 spiro atoms. The summed E-state index contributed by atoms with van der Waals surface area (Å²) in [5.41, 5.74) is 2.42. The van der Waals surface area contributed by atoms with Crippen molar-refractivity contribution in [1.29, 1.82) is 0 Å². The van der Waals surface area contributed by atoms with Crippen LogP contribution in [0, 0.1) is 11.8 Å². The smallest absolute Gasteiger partial charge is 0.249 e. The van der Waals surface area contributed by atoms with Crippen LogP contribution in [0.3, 0.4) is 0 Å². The van der Waals surface area contributed by atoms with E-state index in [0.717, 1.165) is 24.1 Å². The molecule has 20 heavy (non-hydrogen) atoms. The first kappa shape index (κ1) is 14.4. The molecule has 0 saturated carbocycles. The van der Waals surface area contributed by atoms with Gasteiger partial charge < -0.3 is 5.32 Å². The Hall–Kier alpha value is -1.97. The fourth-order valence-corrected chi connectivity index (χ4v) is 2.51. The summed E-state index contributed by atoms with van der Waals surface area (Å²) >= 11 is 0. The van der Waals surface area contributed by atoms with Crippen molar-refractivity contribution in [3.63, 3.8) is 0 Å². The zero-order valence-corrected chi connectivity index (χ0v) is 12.1. The van der Waals surface area contributed by atoms with Gasteiger partial charge in [0.1, 0.15) is 0 Å². The number of amides is 2. The average molecular weight is 272 g/mol. The molecular formula is C16H20N2O2. The van der Waals surface area contributed by atoms with Gasteiger partial charge in [0.05, 0.1) is 5.71 Å². The van der Waals surface area contributed by atoms with E-state index in [1.54, 1.807) is 12.2 Å². The number of carbonyl (C=O) groups excluding carboxylic acids is 2. The van der Waals surface area contributed by atoms with E-state index in [2.05, 4.69) is 10.3 Å². The molecule has 1 heterocycles. The molecule has 0 bridgehead atoms.